The molecule has 1 aromatic carbocycles. The molecule has 0 radical (unpaired) electrons. The van der Waals surface area contributed by atoms with Crippen LogP contribution in [0.15, 0.2) is 22.7 Å². The second kappa shape index (κ2) is 4.67. The van der Waals surface area contributed by atoms with Gasteiger partial charge in [-0.25, -0.2) is 4.98 Å². The molecule has 4 heteroatoms. The molecule has 2 N–H and O–H groups in total. The van der Waals surface area contributed by atoms with E-state index in [1.54, 1.807) is 0 Å². The molecule has 0 amide bonds. The SMILES string of the molecule is CCC(N)Cc1nc2cc(Br)ccc2n1C1CC1. The third-order valence-electron chi connectivity index (χ3n) is 3.61. The van der Waals surface area contributed by atoms with E-state index in [0.29, 0.717) is 6.04 Å². The predicted molar refractivity (Wildman–Crippen MR) is 77.7 cm³/mol. The van der Waals surface area contributed by atoms with Crippen molar-refractivity contribution < 1.29 is 0 Å². The molecule has 1 aromatic heterocycles. The number of halogens is 1. The van der Waals surface area contributed by atoms with Gasteiger partial charge in [-0.2, -0.15) is 0 Å². The Kier molecular flexibility index (Phi) is 3.16. The minimum atomic E-state index is 0.211. The molecule has 18 heavy (non-hydrogen) atoms. The van der Waals surface area contributed by atoms with Crippen LogP contribution in [0.25, 0.3) is 11.0 Å². The molecular formula is C14H18BrN3. The highest BCUT2D eigenvalue weighted by molar-refractivity contribution is 9.10. The smallest absolute Gasteiger partial charge is 0.111 e. The van der Waals surface area contributed by atoms with E-state index in [0.717, 1.165) is 28.7 Å². The summed E-state index contributed by atoms with van der Waals surface area (Å²) < 4.78 is 3.49. The lowest BCUT2D eigenvalue weighted by Gasteiger charge is -2.11. The van der Waals surface area contributed by atoms with Crippen molar-refractivity contribution in [1.29, 1.82) is 0 Å². The van der Waals surface area contributed by atoms with Crippen molar-refractivity contribution >= 4 is 27.0 Å². The molecule has 0 saturated heterocycles. The Morgan fingerprint density at radius 3 is 2.94 bits per heavy atom. The quantitative estimate of drug-likeness (QED) is 0.940. The molecule has 1 aliphatic carbocycles. The number of aromatic nitrogens is 2. The molecule has 1 aliphatic rings. The summed E-state index contributed by atoms with van der Waals surface area (Å²) >= 11 is 3.51. The van der Waals surface area contributed by atoms with E-state index in [-0.39, 0.29) is 6.04 Å². The largest absolute Gasteiger partial charge is 0.327 e. The van der Waals surface area contributed by atoms with Crippen molar-refractivity contribution in [2.45, 2.75) is 44.7 Å². The van der Waals surface area contributed by atoms with E-state index in [1.807, 2.05) is 0 Å². The number of hydrogen-bond acceptors (Lipinski definition) is 2. The zero-order valence-electron chi connectivity index (χ0n) is 10.6. The van der Waals surface area contributed by atoms with Gasteiger partial charge in [0.15, 0.2) is 0 Å². The molecule has 3 nitrogen and oxygen atoms in total. The van der Waals surface area contributed by atoms with Gasteiger partial charge in [-0.05, 0) is 37.5 Å². The topological polar surface area (TPSA) is 43.8 Å². The number of nitrogens with zero attached hydrogens (tertiary/aromatic N) is 2. The van der Waals surface area contributed by atoms with Gasteiger partial charge in [0, 0.05) is 23.0 Å². The van der Waals surface area contributed by atoms with Crippen LogP contribution in [0.3, 0.4) is 0 Å². The molecule has 0 spiro atoms. The first-order valence-corrected chi connectivity index (χ1v) is 7.40. The van der Waals surface area contributed by atoms with Crippen LogP contribution in [0.5, 0.6) is 0 Å². The first kappa shape index (κ1) is 12.2. The van der Waals surface area contributed by atoms with Gasteiger partial charge in [0.1, 0.15) is 5.82 Å². The summed E-state index contributed by atoms with van der Waals surface area (Å²) in [6.45, 7) is 2.13. The lowest BCUT2D eigenvalue weighted by molar-refractivity contribution is 0.592. The monoisotopic (exact) mass is 307 g/mol. The Labute approximate surface area is 116 Å². The number of rotatable bonds is 4. The van der Waals surface area contributed by atoms with Gasteiger partial charge in [-0.15, -0.1) is 0 Å². The van der Waals surface area contributed by atoms with Gasteiger partial charge in [-0.1, -0.05) is 22.9 Å². The standard InChI is InChI=1S/C14H18BrN3/c1-2-10(16)8-14-17-12-7-9(15)3-6-13(12)18(14)11-4-5-11/h3,6-7,10-11H,2,4-5,8,16H2,1H3. The predicted octanol–water partition coefficient (Wildman–Crippen LogP) is 3.41. The van der Waals surface area contributed by atoms with Crippen molar-refractivity contribution in [3.8, 4) is 0 Å². The molecule has 1 fully saturated rings. The van der Waals surface area contributed by atoms with Gasteiger partial charge < -0.3 is 10.3 Å². The van der Waals surface area contributed by atoms with Crippen molar-refractivity contribution in [2.75, 3.05) is 0 Å². The number of imidazole rings is 1. The second-order valence-corrected chi connectivity index (χ2v) is 6.05. The van der Waals surface area contributed by atoms with Crippen molar-refractivity contribution in [3.05, 3.63) is 28.5 Å². The van der Waals surface area contributed by atoms with Crippen molar-refractivity contribution in [1.82, 2.24) is 9.55 Å². The van der Waals surface area contributed by atoms with E-state index in [2.05, 4.69) is 45.6 Å². The third-order valence-corrected chi connectivity index (χ3v) is 4.10. The lowest BCUT2D eigenvalue weighted by Crippen LogP contribution is -2.23. The summed E-state index contributed by atoms with van der Waals surface area (Å²) in [5, 5.41) is 0. The van der Waals surface area contributed by atoms with Crippen LogP contribution in [-0.2, 0) is 6.42 Å². The number of hydrogen-bond donors (Lipinski definition) is 1. The second-order valence-electron chi connectivity index (χ2n) is 5.13. The molecule has 96 valence electrons. The molecule has 1 heterocycles. The van der Waals surface area contributed by atoms with Crippen LogP contribution >= 0.6 is 15.9 Å². The maximum Gasteiger partial charge on any atom is 0.111 e. The first-order valence-electron chi connectivity index (χ1n) is 6.61. The molecule has 2 aromatic rings. The van der Waals surface area contributed by atoms with Crippen LogP contribution in [0, 0.1) is 0 Å². The Hall–Kier alpha value is -0.870. The lowest BCUT2D eigenvalue weighted by atomic mass is 10.1. The zero-order chi connectivity index (χ0) is 12.7. The maximum absolute atomic E-state index is 6.08. The molecule has 3 rings (SSSR count). The van der Waals surface area contributed by atoms with Crippen LogP contribution < -0.4 is 5.73 Å². The summed E-state index contributed by atoms with van der Waals surface area (Å²) in [4.78, 5) is 4.78. The van der Waals surface area contributed by atoms with Crippen molar-refractivity contribution in [2.24, 2.45) is 5.73 Å². The maximum atomic E-state index is 6.08. The highest BCUT2D eigenvalue weighted by Crippen LogP contribution is 2.39. The average Bonchev–Trinajstić information content (AvgIpc) is 3.11. The summed E-state index contributed by atoms with van der Waals surface area (Å²) in [6, 6.07) is 7.20. The van der Waals surface area contributed by atoms with Gasteiger partial charge in [0.25, 0.3) is 0 Å². The van der Waals surface area contributed by atoms with Crippen LogP contribution in [-0.4, -0.2) is 15.6 Å². The molecule has 1 atom stereocenters. The Bertz CT molecular complexity index is 572. The Balaban J connectivity index is 2.08. The average molecular weight is 308 g/mol. The number of nitrogens with two attached hydrogens (primary N) is 1. The minimum absolute atomic E-state index is 0.211. The third kappa shape index (κ3) is 2.19. The van der Waals surface area contributed by atoms with E-state index in [1.165, 1.54) is 18.4 Å². The van der Waals surface area contributed by atoms with Crippen LogP contribution in [0.1, 0.15) is 38.1 Å². The zero-order valence-corrected chi connectivity index (χ0v) is 12.2. The number of benzene rings is 1. The molecule has 1 unspecified atom stereocenters. The number of fused-ring (bicyclic) bond motifs is 1. The Morgan fingerprint density at radius 1 is 1.50 bits per heavy atom. The van der Waals surface area contributed by atoms with Crippen LogP contribution in [0.2, 0.25) is 0 Å². The summed E-state index contributed by atoms with van der Waals surface area (Å²) in [7, 11) is 0. The van der Waals surface area contributed by atoms with E-state index < -0.39 is 0 Å². The Morgan fingerprint density at radius 2 is 2.28 bits per heavy atom. The first-order chi connectivity index (χ1) is 8.69. The molecular weight excluding hydrogens is 290 g/mol. The molecule has 0 bridgehead atoms. The van der Waals surface area contributed by atoms with Gasteiger partial charge in [0.05, 0.1) is 11.0 Å². The van der Waals surface area contributed by atoms with E-state index in [4.69, 9.17) is 10.7 Å². The minimum Gasteiger partial charge on any atom is -0.327 e. The van der Waals surface area contributed by atoms with Gasteiger partial charge in [0.2, 0.25) is 0 Å². The molecule has 1 saturated carbocycles. The van der Waals surface area contributed by atoms with Gasteiger partial charge in [-0.3, -0.25) is 0 Å². The van der Waals surface area contributed by atoms with E-state index in [9.17, 15) is 0 Å². The van der Waals surface area contributed by atoms with E-state index >= 15 is 0 Å². The molecule has 0 aliphatic heterocycles. The van der Waals surface area contributed by atoms with Gasteiger partial charge >= 0.3 is 0 Å². The van der Waals surface area contributed by atoms with Crippen molar-refractivity contribution in [3.63, 3.8) is 0 Å². The summed E-state index contributed by atoms with van der Waals surface area (Å²) in [5.74, 6) is 1.15. The highest BCUT2D eigenvalue weighted by Gasteiger charge is 2.28. The fourth-order valence-electron chi connectivity index (χ4n) is 2.38. The fraction of sp³-hybridized carbons (Fsp3) is 0.500. The summed E-state index contributed by atoms with van der Waals surface area (Å²) in [6.07, 6.45) is 4.42. The summed E-state index contributed by atoms with van der Waals surface area (Å²) in [5.41, 5.74) is 8.41. The normalized spacial score (nSPS) is 17.3. The highest BCUT2D eigenvalue weighted by atomic mass is 79.9. The fourth-order valence-corrected chi connectivity index (χ4v) is 2.73. The van der Waals surface area contributed by atoms with Crippen LogP contribution in [0.4, 0.5) is 0 Å².